The van der Waals surface area contributed by atoms with Gasteiger partial charge >= 0.3 is 0 Å². The van der Waals surface area contributed by atoms with Gasteiger partial charge in [-0.05, 0) is 18.6 Å². The van der Waals surface area contributed by atoms with E-state index in [9.17, 15) is 13.5 Å². The van der Waals surface area contributed by atoms with Crippen LogP contribution in [0.25, 0.3) is 11.1 Å². The molecular weight excluding hydrogens is 286 g/mol. The third-order valence-electron chi connectivity index (χ3n) is 3.51. The number of benzene rings is 2. The van der Waals surface area contributed by atoms with Gasteiger partial charge in [-0.3, -0.25) is 0 Å². The van der Waals surface area contributed by atoms with Gasteiger partial charge in [0, 0.05) is 18.7 Å². The number of rotatable bonds is 5. The molecule has 0 fully saturated rings. The second kappa shape index (κ2) is 6.39. The molecule has 0 aliphatic carbocycles. The molecule has 1 unspecified atom stereocenters. The van der Waals surface area contributed by atoms with Crippen molar-refractivity contribution in [3.63, 3.8) is 0 Å². The first kappa shape index (κ1) is 15.7. The van der Waals surface area contributed by atoms with Crippen molar-refractivity contribution >= 4 is 10.0 Å². The van der Waals surface area contributed by atoms with Crippen molar-refractivity contribution in [1.82, 2.24) is 4.31 Å². The lowest BCUT2D eigenvalue weighted by Crippen LogP contribution is -2.37. The van der Waals surface area contributed by atoms with Crippen LogP contribution in [-0.2, 0) is 10.0 Å². The molecule has 1 N–H and O–H groups in total. The van der Waals surface area contributed by atoms with E-state index < -0.39 is 16.1 Å². The average molecular weight is 305 g/mol. The van der Waals surface area contributed by atoms with Crippen LogP contribution in [0.1, 0.15) is 6.92 Å². The Hall–Kier alpha value is -1.69. The lowest BCUT2D eigenvalue weighted by molar-refractivity contribution is 0.214. The van der Waals surface area contributed by atoms with E-state index in [1.165, 1.54) is 11.4 Å². The van der Waals surface area contributed by atoms with E-state index in [4.69, 9.17) is 0 Å². The summed E-state index contributed by atoms with van der Waals surface area (Å²) in [6, 6.07) is 15.8. The highest BCUT2D eigenvalue weighted by Crippen LogP contribution is 2.29. The number of hydrogen-bond donors (Lipinski definition) is 1. The van der Waals surface area contributed by atoms with Gasteiger partial charge in [0.05, 0.1) is 11.5 Å². The van der Waals surface area contributed by atoms with Gasteiger partial charge in [-0.2, -0.15) is 4.31 Å². The fraction of sp³-hybridized carbons (Fsp3) is 0.250. The molecule has 21 heavy (non-hydrogen) atoms. The number of aliphatic hydroxyl groups is 1. The molecule has 0 aliphatic heterocycles. The maximum Gasteiger partial charge on any atom is 0.243 e. The van der Waals surface area contributed by atoms with Gasteiger partial charge in [-0.1, -0.05) is 48.5 Å². The summed E-state index contributed by atoms with van der Waals surface area (Å²) < 4.78 is 26.7. The summed E-state index contributed by atoms with van der Waals surface area (Å²) >= 11 is 0. The van der Waals surface area contributed by atoms with Crippen LogP contribution in [-0.4, -0.2) is 37.5 Å². The Morgan fingerprint density at radius 3 is 2.24 bits per heavy atom. The molecule has 0 heterocycles. The predicted octanol–water partition coefficient (Wildman–Crippen LogP) is 2.35. The van der Waals surface area contributed by atoms with E-state index in [0.29, 0.717) is 5.56 Å². The molecule has 1 atom stereocenters. The molecule has 5 heteroatoms. The maximum atomic E-state index is 12.7. The molecule has 2 aromatic carbocycles. The van der Waals surface area contributed by atoms with Gasteiger partial charge in [-0.15, -0.1) is 0 Å². The van der Waals surface area contributed by atoms with Crippen LogP contribution in [0.4, 0.5) is 0 Å². The summed E-state index contributed by atoms with van der Waals surface area (Å²) in [5, 5.41) is 9.20. The summed E-state index contributed by atoms with van der Waals surface area (Å²) in [5.74, 6) is 0. The monoisotopic (exact) mass is 305 g/mol. The van der Waals surface area contributed by atoms with Crippen LogP contribution in [0.15, 0.2) is 59.5 Å². The average Bonchev–Trinajstić information content (AvgIpc) is 2.54. The largest absolute Gasteiger partial charge is 0.395 e. The molecule has 2 aromatic rings. The molecular formula is C16H19NO3S. The minimum absolute atomic E-state index is 0.219. The van der Waals surface area contributed by atoms with Gasteiger partial charge in [0.2, 0.25) is 10.0 Å². The van der Waals surface area contributed by atoms with Gasteiger partial charge in [0.15, 0.2) is 0 Å². The Morgan fingerprint density at radius 2 is 1.62 bits per heavy atom. The highest BCUT2D eigenvalue weighted by atomic mass is 32.2. The van der Waals surface area contributed by atoms with Crippen molar-refractivity contribution in [1.29, 1.82) is 0 Å². The zero-order valence-electron chi connectivity index (χ0n) is 12.1. The SMILES string of the molecule is CC(CO)N(C)S(=O)(=O)c1ccccc1-c1ccccc1. The fourth-order valence-corrected chi connectivity index (χ4v) is 3.62. The molecule has 0 bridgehead atoms. The summed E-state index contributed by atoms with van der Waals surface area (Å²) in [6.45, 7) is 1.45. The van der Waals surface area contributed by atoms with Crippen LogP contribution in [0, 0.1) is 0 Å². The lowest BCUT2D eigenvalue weighted by atomic mass is 10.1. The van der Waals surface area contributed by atoms with Crippen molar-refractivity contribution in [2.75, 3.05) is 13.7 Å². The van der Waals surface area contributed by atoms with Gasteiger partial charge in [0.1, 0.15) is 0 Å². The second-order valence-electron chi connectivity index (χ2n) is 4.92. The van der Waals surface area contributed by atoms with Crippen molar-refractivity contribution in [3.8, 4) is 11.1 Å². The Labute approximate surface area is 125 Å². The molecule has 112 valence electrons. The molecule has 0 aliphatic rings. The Bertz CT molecular complexity index is 698. The number of nitrogens with zero attached hydrogens (tertiary/aromatic N) is 1. The summed E-state index contributed by atoms with van der Waals surface area (Å²) in [5.41, 5.74) is 1.51. The maximum absolute atomic E-state index is 12.7. The third kappa shape index (κ3) is 3.15. The summed E-state index contributed by atoms with van der Waals surface area (Å²) in [7, 11) is -2.17. The lowest BCUT2D eigenvalue weighted by Gasteiger charge is -2.24. The number of hydrogen-bond acceptors (Lipinski definition) is 3. The van der Waals surface area contributed by atoms with E-state index >= 15 is 0 Å². The molecule has 0 radical (unpaired) electrons. The zero-order chi connectivity index (χ0) is 15.5. The molecule has 0 aromatic heterocycles. The highest BCUT2D eigenvalue weighted by molar-refractivity contribution is 7.89. The van der Waals surface area contributed by atoms with E-state index in [1.807, 2.05) is 36.4 Å². The van der Waals surface area contributed by atoms with Crippen LogP contribution >= 0.6 is 0 Å². The van der Waals surface area contributed by atoms with Gasteiger partial charge < -0.3 is 5.11 Å². The van der Waals surface area contributed by atoms with Crippen molar-refractivity contribution in [3.05, 3.63) is 54.6 Å². The predicted molar refractivity (Wildman–Crippen MR) is 83.4 cm³/mol. The first-order valence-corrected chi connectivity index (χ1v) is 8.16. The Kier molecular flexibility index (Phi) is 4.77. The molecule has 0 saturated carbocycles. The van der Waals surface area contributed by atoms with Crippen molar-refractivity contribution in [2.45, 2.75) is 17.9 Å². The number of likely N-dealkylation sites (N-methyl/N-ethyl adjacent to an activating group) is 1. The molecule has 0 spiro atoms. The summed E-state index contributed by atoms with van der Waals surface area (Å²) in [4.78, 5) is 0.249. The molecule has 0 amide bonds. The first-order valence-electron chi connectivity index (χ1n) is 6.72. The number of sulfonamides is 1. The third-order valence-corrected chi connectivity index (χ3v) is 5.54. The van der Waals surface area contributed by atoms with Crippen LogP contribution in [0.3, 0.4) is 0 Å². The van der Waals surface area contributed by atoms with E-state index in [-0.39, 0.29) is 11.5 Å². The number of aliphatic hydroxyl groups excluding tert-OH is 1. The van der Waals surface area contributed by atoms with Crippen molar-refractivity contribution < 1.29 is 13.5 Å². The smallest absolute Gasteiger partial charge is 0.243 e. The topological polar surface area (TPSA) is 57.6 Å². The van der Waals surface area contributed by atoms with Gasteiger partial charge in [0.25, 0.3) is 0 Å². The standard InChI is InChI=1S/C16H19NO3S/c1-13(12-18)17(2)21(19,20)16-11-7-6-10-15(16)14-8-4-3-5-9-14/h3-11,13,18H,12H2,1-2H3. The van der Waals surface area contributed by atoms with Crippen molar-refractivity contribution in [2.24, 2.45) is 0 Å². The fourth-order valence-electron chi connectivity index (χ4n) is 2.05. The quantitative estimate of drug-likeness (QED) is 0.922. The Balaban J connectivity index is 2.55. The van der Waals surface area contributed by atoms with E-state index in [1.54, 1.807) is 25.1 Å². The molecule has 0 saturated heterocycles. The normalized spacial score (nSPS) is 13.3. The van der Waals surface area contributed by atoms with E-state index in [0.717, 1.165) is 5.56 Å². The minimum Gasteiger partial charge on any atom is -0.395 e. The first-order chi connectivity index (χ1) is 9.98. The highest BCUT2D eigenvalue weighted by Gasteiger charge is 2.27. The Morgan fingerprint density at radius 1 is 1.05 bits per heavy atom. The van der Waals surface area contributed by atoms with Crippen LogP contribution in [0.5, 0.6) is 0 Å². The van der Waals surface area contributed by atoms with Crippen LogP contribution < -0.4 is 0 Å². The molecule has 4 nitrogen and oxygen atoms in total. The van der Waals surface area contributed by atoms with Crippen LogP contribution in [0.2, 0.25) is 0 Å². The van der Waals surface area contributed by atoms with E-state index in [2.05, 4.69) is 0 Å². The minimum atomic E-state index is -3.66. The second-order valence-corrected chi connectivity index (χ2v) is 6.88. The van der Waals surface area contributed by atoms with Gasteiger partial charge in [-0.25, -0.2) is 8.42 Å². The molecule has 2 rings (SSSR count). The zero-order valence-corrected chi connectivity index (χ0v) is 12.9. The summed E-state index contributed by atoms with van der Waals surface area (Å²) in [6.07, 6.45) is 0.